The van der Waals surface area contributed by atoms with Crippen LogP contribution < -0.4 is 5.73 Å². The predicted octanol–water partition coefficient (Wildman–Crippen LogP) is 4.09. The van der Waals surface area contributed by atoms with Crippen LogP contribution in [0.2, 0.25) is 0 Å². The van der Waals surface area contributed by atoms with Gasteiger partial charge in [0.2, 0.25) is 0 Å². The molecule has 2 nitrogen and oxygen atoms in total. The molecular weight excluding hydrogens is 256 g/mol. The molecule has 106 valence electrons. The third-order valence-corrected chi connectivity index (χ3v) is 3.91. The molecule has 0 bridgehead atoms. The van der Waals surface area contributed by atoms with Crippen molar-refractivity contribution in [2.45, 2.75) is 26.3 Å². The van der Waals surface area contributed by atoms with Crippen molar-refractivity contribution in [1.82, 2.24) is 4.98 Å². The maximum absolute atomic E-state index is 6.38. The largest absolute Gasteiger partial charge is 0.324 e. The summed E-state index contributed by atoms with van der Waals surface area (Å²) in [6.07, 6.45) is 0.759. The van der Waals surface area contributed by atoms with Crippen LogP contribution in [0.15, 0.2) is 54.6 Å². The number of hydrogen-bond donors (Lipinski definition) is 1. The first-order valence-electron chi connectivity index (χ1n) is 7.31. The highest BCUT2D eigenvalue weighted by Crippen LogP contribution is 2.21. The first kappa shape index (κ1) is 13.8. The first-order valence-corrected chi connectivity index (χ1v) is 7.31. The third kappa shape index (κ3) is 2.96. The smallest absolute Gasteiger partial charge is 0.0705 e. The Morgan fingerprint density at radius 3 is 2.62 bits per heavy atom. The van der Waals surface area contributed by atoms with Gasteiger partial charge in [-0.3, -0.25) is 4.98 Å². The number of aromatic nitrogens is 1. The Kier molecular flexibility index (Phi) is 3.72. The molecule has 0 saturated heterocycles. The van der Waals surface area contributed by atoms with Crippen molar-refractivity contribution < 1.29 is 0 Å². The maximum Gasteiger partial charge on any atom is 0.0705 e. The van der Waals surface area contributed by atoms with Crippen molar-refractivity contribution in [2.75, 3.05) is 0 Å². The van der Waals surface area contributed by atoms with Crippen LogP contribution in [-0.4, -0.2) is 4.98 Å². The fraction of sp³-hybridized carbons (Fsp3) is 0.211. The van der Waals surface area contributed by atoms with Gasteiger partial charge in [0, 0.05) is 23.5 Å². The van der Waals surface area contributed by atoms with E-state index in [1.54, 1.807) is 0 Å². The molecule has 2 N–H and O–H groups in total. The van der Waals surface area contributed by atoms with E-state index in [1.165, 1.54) is 22.1 Å². The number of benzene rings is 2. The van der Waals surface area contributed by atoms with E-state index in [1.807, 2.05) is 18.2 Å². The lowest BCUT2D eigenvalue weighted by Gasteiger charge is -2.15. The number of nitrogens with two attached hydrogens (primary N) is 1. The molecule has 3 rings (SSSR count). The van der Waals surface area contributed by atoms with E-state index in [9.17, 15) is 0 Å². The molecule has 1 aromatic heterocycles. The number of rotatable bonds is 3. The molecule has 1 atom stereocenters. The average molecular weight is 276 g/mol. The number of nitrogens with zero attached hydrogens (tertiary/aromatic N) is 1. The second kappa shape index (κ2) is 5.66. The number of fused-ring (bicyclic) bond motifs is 1. The van der Waals surface area contributed by atoms with Crippen LogP contribution in [0.25, 0.3) is 10.9 Å². The summed E-state index contributed by atoms with van der Waals surface area (Å²) in [7, 11) is 0. The van der Waals surface area contributed by atoms with Gasteiger partial charge in [-0.2, -0.15) is 0 Å². The van der Waals surface area contributed by atoms with Crippen LogP contribution in [0.1, 0.15) is 28.4 Å². The fourth-order valence-corrected chi connectivity index (χ4v) is 2.80. The summed E-state index contributed by atoms with van der Waals surface area (Å²) >= 11 is 0. The van der Waals surface area contributed by atoms with E-state index in [2.05, 4.69) is 50.2 Å². The Balaban J connectivity index is 1.87. The van der Waals surface area contributed by atoms with Crippen LogP contribution >= 0.6 is 0 Å². The van der Waals surface area contributed by atoms with Gasteiger partial charge in [-0.1, -0.05) is 48.0 Å². The highest BCUT2D eigenvalue weighted by molar-refractivity contribution is 5.78. The third-order valence-electron chi connectivity index (χ3n) is 3.91. The van der Waals surface area contributed by atoms with E-state index in [0.717, 1.165) is 17.6 Å². The quantitative estimate of drug-likeness (QED) is 0.782. The molecule has 1 unspecified atom stereocenters. The van der Waals surface area contributed by atoms with E-state index in [-0.39, 0.29) is 6.04 Å². The van der Waals surface area contributed by atoms with E-state index in [0.29, 0.717) is 0 Å². The van der Waals surface area contributed by atoms with Crippen molar-refractivity contribution >= 4 is 10.9 Å². The van der Waals surface area contributed by atoms with E-state index < -0.39 is 0 Å². The zero-order chi connectivity index (χ0) is 14.8. The zero-order valence-corrected chi connectivity index (χ0v) is 12.5. The average Bonchev–Trinajstić information content (AvgIpc) is 2.47. The lowest BCUT2D eigenvalue weighted by Crippen LogP contribution is -2.15. The van der Waals surface area contributed by atoms with Gasteiger partial charge in [-0.15, -0.1) is 0 Å². The van der Waals surface area contributed by atoms with Crippen molar-refractivity contribution in [3.05, 3.63) is 77.0 Å². The summed E-state index contributed by atoms with van der Waals surface area (Å²) in [6, 6.07) is 18.8. The van der Waals surface area contributed by atoms with Crippen LogP contribution in [-0.2, 0) is 6.42 Å². The standard InChI is InChI=1S/C19H20N2/c1-13-7-10-17(14(2)11-13)18(20)12-16-9-8-15-5-3-4-6-19(15)21-16/h3-11,18H,12,20H2,1-2H3. The Morgan fingerprint density at radius 2 is 1.81 bits per heavy atom. The molecule has 1 heterocycles. The highest BCUT2D eigenvalue weighted by Gasteiger charge is 2.11. The molecule has 0 spiro atoms. The Labute approximate surface area is 125 Å². The Bertz CT molecular complexity index is 777. The summed E-state index contributed by atoms with van der Waals surface area (Å²) in [5.74, 6) is 0. The number of pyridine rings is 1. The molecular formula is C19H20N2. The van der Waals surface area contributed by atoms with Gasteiger partial charge in [0.05, 0.1) is 5.52 Å². The SMILES string of the molecule is Cc1ccc(C(N)Cc2ccc3ccccc3n2)c(C)c1. The second-order valence-electron chi connectivity index (χ2n) is 5.67. The monoisotopic (exact) mass is 276 g/mol. The fourth-order valence-electron chi connectivity index (χ4n) is 2.80. The molecule has 0 saturated carbocycles. The summed E-state index contributed by atoms with van der Waals surface area (Å²) in [4.78, 5) is 4.71. The molecule has 2 aromatic carbocycles. The van der Waals surface area contributed by atoms with Crippen LogP contribution in [0, 0.1) is 13.8 Å². The molecule has 0 amide bonds. The molecule has 0 aliphatic carbocycles. The number of aryl methyl sites for hydroxylation is 2. The molecule has 0 aliphatic heterocycles. The van der Waals surface area contributed by atoms with Gasteiger partial charge in [0.1, 0.15) is 0 Å². The van der Waals surface area contributed by atoms with Crippen molar-refractivity contribution in [1.29, 1.82) is 0 Å². The lowest BCUT2D eigenvalue weighted by molar-refractivity contribution is 0.704. The van der Waals surface area contributed by atoms with Crippen molar-refractivity contribution in [2.24, 2.45) is 5.73 Å². The highest BCUT2D eigenvalue weighted by atomic mass is 14.7. The maximum atomic E-state index is 6.38. The number of hydrogen-bond acceptors (Lipinski definition) is 2. The molecule has 21 heavy (non-hydrogen) atoms. The minimum absolute atomic E-state index is 0.0146. The molecule has 0 radical (unpaired) electrons. The zero-order valence-electron chi connectivity index (χ0n) is 12.5. The second-order valence-corrected chi connectivity index (χ2v) is 5.67. The Morgan fingerprint density at radius 1 is 1.00 bits per heavy atom. The van der Waals surface area contributed by atoms with Crippen LogP contribution in [0.3, 0.4) is 0 Å². The van der Waals surface area contributed by atoms with Gasteiger partial charge >= 0.3 is 0 Å². The van der Waals surface area contributed by atoms with Crippen molar-refractivity contribution in [3.63, 3.8) is 0 Å². The van der Waals surface area contributed by atoms with Crippen LogP contribution in [0.5, 0.6) is 0 Å². The van der Waals surface area contributed by atoms with E-state index in [4.69, 9.17) is 10.7 Å². The normalized spacial score (nSPS) is 12.5. The Hall–Kier alpha value is -2.19. The molecule has 0 fully saturated rings. The molecule has 0 aliphatic rings. The summed E-state index contributed by atoms with van der Waals surface area (Å²) in [5.41, 5.74) is 12.2. The van der Waals surface area contributed by atoms with E-state index >= 15 is 0 Å². The first-order chi connectivity index (χ1) is 10.1. The topological polar surface area (TPSA) is 38.9 Å². The van der Waals surface area contributed by atoms with Gasteiger partial charge in [-0.05, 0) is 37.1 Å². The predicted molar refractivity (Wildman–Crippen MR) is 88.3 cm³/mol. The number of para-hydroxylation sites is 1. The lowest BCUT2D eigenvalue weighted by atomic mass is 9.96. The van der Waals surface area contributed by atoms with Gasteiger partial charge in [0.25, 0.3) is 0 Å². The van der Waals surface area contributed by atoms with Gasteiger partial charge in [-0.25, -0.2) is 0 Å². The minimum Gasteiger partial charge on any atom is -0.324 e. The molecule has 3 aromatic rings. The van der Waals surface area contributed by atoms with Gasteiger partial charge in [0.15, 0.2) is 0 Å². The summed E-state index contributed by atoms with van der Waals surface area (Å²) in [5, 5.41) is 1.17. The summed E-state index contributed by atoms with van der Waals surface area (Å²) in [6.45, 7) is 4.23. The van der Waals surface area contributed by atoms with Crippen molar-refractivity contribution in [3.8, 4) is 0 Å². The molecule has 2 heteroatoms. The van der Waals surface area contributed by atoms with Crippen LogP contribution in [0.4, 0.5) is 0 Å². The minimum atomic E-state index is -0.0146. The summed E-state index contributed by atoms with van der Waals surface area (Å²) < 4.78 is 0. The van der Waals surface area contributed by atoms with Gasteiger partial charge < -0.3 is 5.73 Å².